The molecule has 1 heterocycles. The van der Waals surface area contributed by atoms with Crippen LogP contribution in [0.3, 0.4) is 0 Å². The quantitative estimate of drug-likeness (QED) is 0.763. The van der Waals surface area contributed by atoms with Crippen LogP contribution in [0.15, 0.2) is 29.8 Å². The molecule has 1 aromatic carbocycles. The van der Waals surface area contributed by atoms with Crippen molar-refractivity contribution in [2.24, 2.45) is 0 Å². The summed E-state index contributed by atoms with van der Waals surface area (Å²) in [7, 11) is 0. The average Bonchev–Trinajstić information content (AvgIpc) is 2.14. The van der Waals surface area contributed by atoms with Crippen LogP contribution in [0.4, 0.5) is 0 Å². The predicted octanol–water partition coefficient (Wildman–Crippen LogP) is 2.33. The number of benzene rings is 1. The fourth-order valence-corrected chi connectivity index (χ4v) is 1.67. The molecule has 15 heavy (non-hydrogen) atoms. The molecule has 0 saturated carbocycles. The van der Waals surface area contributed by atoms with E-state index >= 15 is 0 Å². The summed E-state index contributed by atoms with van der Waals surface area (Å²) in [6.45, 7) is 3.51. The lowest BCUT2D eigenvalue weighted by atomic mass is 9.92. The highest BCUT2D eigenvalue weighted by molar-refractivity contribution is 5.95. The fourth-order valence-electron chi connectivity index (χ4n) is 1.67. The normalized spacial score (nSPS) is 17.3. The Kier molecular flexibility index (Phi) is 2.03. The Labute approximate surface area is 88.0 Å². The number of hydrogen-bond acceptors (Lipinski definition) is 2. The summed E-state index contributed by atoms with van der Waals surface area (Å²) in [6.07, 6.45) is 1.67. The van der Waals surface area contributed by atoms with Gasteiger partial charge in [-0.3, -0.25) is 0 Å². The van der Waals surface area contributed by atoms with Gasteiger partial charge in [0, 0.05) is 5.56 Å². The van der Waals surface area contributed by atoms with Gasteiger partial charge in [-0.15, -0.1) is 0 Å². The van der Waals surface area contributed by atoms with Crippen molar-refractivity contribution in [2.45, 2.75) is 19.4 Å². The first-order valence-electron chi connectivity index (χ1n) is 4.74. The van der Waals surface area contributed by atoms with Crippen LogP contribution < -0.4 is 4.74 Å². The molecule has 0 atom stereocenters. The number of carbonyl (C=O) groups is 1. The van der Waals surface area contributed by atoms with E-state index in [1.165, 1.54) is 0 Å². The minimum absolute atomic E-state index is 0.279. The van der Waals surface area contributed by atoms with Crippen LogP contribution in [0, 0.1) is 0 Å². The second-order valence-corrected chi connectivity index (χ2v) is 4.01. The topological polar surface area (TPSA) is 46.5 Å². The third-order valence-electron chi connectivity index (χ3n) is 2.46. The molecular formula is C12H12O3. The molecule has 1 N–H and O–H groups in total. The molecule has 0 aromatic heterocycles. The van der Waals surface area contributed by atoms with Gasteiger partial charge in [0.15, 0.2) is 0 Å². The average molecular weight is 204 g/mol. The maximum Gasteiger partial charge on any atom is 0.335 e. The highest BCUT2D eigenvalue weighted by Gasteiger charge is 2.34. The minimum Gasteiger partial charge on any atom is -0.482 e. The van der Waals surface area contributed by atoms with Crippen molar-refractivity contribution in [3.63, 3.8) is 0 Å². The second-order valence-electron chi connectivity index (χ2n) is 4.01. The van der Waals surface area contributed by atoms with E-state index in [4.69, 9.17) is 9.84 Å². The van der Waals surface area contributed by atoms with E-state index in [-0.39, 0.29) is 5.57 Å². The van der Waals surface area contributed by atoms with E-state index in [2.05, 4.69) is 0 Å². The van der Waals surface area contributed by atoms with Crippen LogP contribution in [-0.4, -0.2) is 16.7 Å². The maximum absolute atomic E-state index is 11.0. The number of ether oxygens (including phenoxy) is 1. The van der Waals surface area contributed by atoms with Crippen molar-refractivity contribution in [2.75, 3.05) is 0 Å². The molecule has 78 valence electrons. The molecular weight excluding hydrogens is 192 g/mol. The van der Waals surface area contributed by atoms with Crippen molar-refractivity contribution in [1.82, 2.24) is 0 Å². The SMILES string of the molecule is CC1(C)Oc2ccccc2C=C1C(=O)O. The van der Waals surface area contributed by atoms with E-state index < -0.39 is 11.6 Å². The van der Waals surface area contributed by atoms with Crippen LogP contribution in [0.25, 0.3) is 6.08 Å². The largest absolute Gasteiger partial charge is 0.482 e. The minimum atomic E-state index is -0.936. The van der Waals surface area contributed by atoms with Crippen molar-refractivity contribution in [3.8, 4) is 5.75 Å². The maximum atomic E-state index is 11.0. The van der Waals surface area contributed by atoms with E-state index in [1.54, 1.807) is 19.9 Å². The summed E-state index contributed by atoms with van der Waals surface area (Å²) in [5.74, 6) is -0.206. The molecule has 3 nitrogen and oxygen atoms in total. The van der Waals surface area contributed by atoms with E-state index in [0.717, 1.165) is 11.3 Å². The summed E-state index contributed by atoms with van der Waals surface area (Å²) >= 11 is 0. The highest BCUT2D eigenvalue weighted by Crippen LogP contribution is 2.35. The molecule has 0 bridgehead atoms. The molecule has 0 radical (unpaired) electrons. The van der Waals surface area contributed by atoms with Gasteiger partial charge in [-0.25, -0.2) is 4.79 Å². The number of rotatable bonds is 1. The zero-order valence-corrected chi connectivity index (χ0v) is 8.65. The number of hydrogen-bond donors (Lipinski definition) is 1. The first-order chi connectivity index (χ1) is 7.00. The highest BCUT2D eigenvalue weighted by atomic mass is 16.5. The Morgan fingerprint density at radius 3 is 2.67 bits per heavy atom. The van der Waals surface area contributed by atoms with Gasteiger partial charge in [0.2, 0.25) is 0 Å². The molecule has 1 aliphatic rings. The van der Waals surface area contributed by atoms with Gasteiger partial charge in [0.05, 0.1) is 5.57 Å². The van der Waals surface area contributed by atoms with E-state index in [1.807, 2.05) is 24.3 Å². The summed E-state index contributed by atoms with van der Waals surface area (Å²) in [6, 6.07) is 7.41. The number of carboxylic acid groups (broad SMARTS) is 1. The molecule has 0 fully saturated rings. The zero-order chi connectivity index (χ0) is 11.1. The van der Waals surface area contributed by atoms with E-state index in [9.17, 15) is 4.79 Å². The molecule has 3 heteroatoms. The van der Waals surface area contributed by atoms with Gasteiger partial charge in [-0.1, -0.05) is 18.2 Å². The molecule has 0 unspecified atom stereocenters. The molecule has 0 aliphatic carbocycles. The summed E-state index contributed by atoms with van der Waals surface area (Å²) in [5.41, 5.74) is 0.315. The lowest BCUT2D eigenvalue weighted by Crippen LogP contribution is -2.36. The lowest BCUT2D eigenvalue weighted by molar-refractivity contribution is -0.134. The first-order valence-corrected chi connectivity index (χ1v) is 4.74. The molecule has 1 aliphatic heterocycles. The molecule has 1 aromatic rings. The summed E-state index contributed by atoms with van der Waals surface area (Å²) in [5, 5.41) is 9.05. The van der Waals surface area contributed by atoms with Gasteiger partial charge in [-0.05, 0) is 26.0 Å². The molecule has 0 amide bonds. The van der Waals surface area contributed by atoms with Crippen LogP contribution in [-0.2, 0) is 4.79 Å². The lowest BCUT2D eigenvalue weighted by Gasteiger charge is -2.31. The van der Waals surface area contributed by atoms with E-state index in [0.29, 0.717) is 0 Å². The number of carboxylic acids is 1. The Morgan fingerprint density at radius 1 is 1.33 bits per heavy atom. The third kappa shape index (κ3) is 1.61. The van der Waals surface area contributed by atoms with Gasteiger partial charge in [-0.2, -0.15) is 0 Å². The third-order valence-corrected chi connectivity index (χ3v) is 2.46. The molecule has 0 spiro atoms. The van der Waals surface area contributed by atoms with Crippen LogP contribution >= 0.6 is 0 Å². The van der Waals surface area contributed by atoms with Crippen LogP contribution in [0.1, 0.15) is 19.4 Å². The van der Waals surface area contributed by atoms with Crippen molar-refractivity contribution >= 4 is 12.0 Å². The first kappa shape index (κ1) is 9.77. The zero-order valence-electron chi connectivity index (χ0n) is 8.65. The van der Waals surface area contributed by atoms with Gasteiger partial charge in [0.1, 0.15) is 11.4 Å². The molecule has 2 rings (SSSR count). The number of aliphatic carboxylic acids is 1. The second kappa shape index (κ2) is 3.12. The Hall–Kier alpha value is -1.77. The van der Waals surface area contributed by atoms with Crippen LogP contribution in [0.5, 0.6) is 5.75 Å². The molecule has 0 saturated heterocycles. The Morgan fingerprint density at radius 2 is 2.00 bits per heavy atom. The van der Waals surface area contributed by atoms with Crippen molar-refractivity contribution in [3.05, 3.63) is 35.4 Å². The Bertz CT molecular complexity index is 444. The van der Waals surface area contributed by atoms with Crippen molar-refractivity contribution < 1.29 is 14.6 Å². The fraction of sp³-hybridized carbons (Fsp3) is 0.250. The monoisotopic (exact) mass is 204 g/mol. The Balaban J connectivity index is 2.57. The van der Waals surface area contributed by atoms with Gasteiger partial charge in [0.25, 0.3) is 0 Å². The number of para-hydroxylation sites is 1. The summed E-state index contributed by atoms with van der Waals surface area (Å²) < 4.78 is 5.64. The predicted molar refractivity (Wildman–Crippen MR) is 56.8 cm³/mol. The van der Waals surface area contributed by atoms with Gasteiger partial charge < -0.3 is 9.84 Å². The number of fused-ring (bicyclic) bond motifs is 1. The smallest absolute Gasteiger partial charge is 0.335 e. The van der Waals surface area contributed by atoms with Crippen molar-refractivity contribution in [1.29, 1.82) is 0 Å². The van der Waals surface area contributed by atoms with Gasteiger partial charge >= 0.3 is 5.97 Å². The summed E-state index contributed by atoms with van der Waals surface area (Å²) in [4.78, 5) is 11.0. The standard InChI is InChI=1S/C12H12O3/c1-12(2)9(11(13)14)7-8-5-3-4-6-10(8)15-12/h3-7H,1-2H3,(H,13,14). The van der Waals surface area contributed by atoms with Crippen LogP contribution in [0.2, 0.25) is 0 Å².